The summed E-state index contributed by atoms with van der Waals surface area (Å²) < 4.78 is 11.9. The Labute approximate surface area is 123 Å². The van der Waals surface area contributed by atoms with E-state index < -0.39 is 0 Å². The van der Waals surface area contributed by atoms with Crippen LogP contribution in [0.15, 0.2) is 0 Å². The Morgan fingerprint density at radius 2 is 2.10 bits per heavy atom. The van der Waals surface area contributed by atoms with Crippen LogP contribution in [0.4, 0.5) is 0 Å². The van der Waals surface area contributed by atoms with Gasteiger partial charge in [0.1, 0.15) is 0 Å². The SMILES string of the molecule is CC1(C)C2CCC1(C)C(OCCNCC1CCCO1)C2. The van der Waals surface area contributed by atoms with Crippen molar-refractivity contribution in [3.05, 3.63) is 0 Å². The highest BCUT2D eigenvalue weighted by Crippen LogP contribution is 2.66. The number of ether oxygens (including phenoxy) is 2. The van der Waals surface area contributed by atoms with Crippen LogP contribution >= 0.6 is 0 Å². The van der Waals surface area contributed by atoms with Gasteiger partial charge in [-0.3, -0.25) is 0 Å². The number of hydrogen-bond acceptors (Lipinski definition) is 3. The van der Waals surface area contributed by atoms with E-state index in [0.717, 1.165) is 32.2 Å². The summed E-state index contributed by atoms with van der Waals surface area (Å²) in [4.78, 5) is 0. The summed E-state index contributed by atoms with van der Waals surface area (Å²) in [7, 11) is 0. The molecule has 0 aromatic rings. The van der Waals surface area contributed by atoms with Crippen molar-refractivity contribution in [1.82, 2.24) is 5.32 Å². The van der Waals surface area contributed by atoms with E-state index in [4.69, 9.17) is 9.47 Å². The highest BCUT2D eigenvalue weighted by molar-refractivity contribution is 5.11. The second kappa shape index (κ2) is 5.58. The quantitative estimate of drug-likeness (QED) is 0.759. The predicted molar refractivity (Wildman–Crippen MR) is 80.8 cm³/mol. The van der Waals surface area contributed by atoms with Crippen molar-refractivity contribution in [1.29, 1.82) is 0 Å². The van der Waals surface area contributed by atoms with Gasteiger partial charge in [0, 0.05) is 19.7 Å². The Hall–Kier alpha value is -0.120. The molecule has 116 valence electrons. The predicted octanol–water partition coefficient (Wildman–Crippen LogP) is 2.99. The zero-order chi connectivity index (χ0) is 14.2. The van der Waals surface area contributed by atoms with Gasteiger partial charge in [0.2, 0.25) is 0 Å². The molecule has 2 saturated carbocycles. The minimum atomic E-state index is 0.395. The molecule has 0 aromatic carbocycles. The molecule has 3 heteroatoms. The van der Waals surface area contributed by atoms with E-state index in [1.165, 1.54) is 32.1 Å². The summed E-state index contributed by atoms with van der Waals surface area (Å²) in [6, 6.07) is 0. The van der Waals surface area contributed by atoms with Gasteiger partial charge in [-0.2, -0.15) is 0 Å². The van der Waals surface area contributed by atoms with Gasteiger partial charge in [0.05, 0.1) is 18.8 Å². The molecule has 1 aliphatic heterocycles. The minimum absolute atomic E-state index is 0.395. The fourth-order valence-corrected chi connectivity index (χ4v) is 4.72. The van der Waals surface area contributed by atoms with Gasteiger partial charge in [-0.05, 0) is 48.9 Å². The Morgan fingerprint density at radius 3 is 2.70 bits per heavy atom. The van der Waals surface area contributed by atoms with E-state index in [9.17, 15) is 0 Å². The third-order valence-electron chi connectivity index (χ3n) is 6.71. The van der Waals surface area contributed by atoms with E-state index >= 15 is 0 Å². The summed E-state index contributed by atoms with van der Waals surface area (Å²) in [5, 5.41) is 3.48. The van der Waals surface area contributed by atoms with E-state index in [-0.39, 0.29) is 0 Å². The Bertz CT molecular complexity index is 338. The number of rotatable bonds is 6. The van der Waals surface area contributed by atoms with Crippen LogP contribution in [-0.4, -0.2) is 38.5 Å². The van der Waals surface area contributed by atoms with Crippen molar-refractivity contribution in [3.8, 4) is 0 Å². The highest BCUT2D eigenvalue weighted by Gasteiger charge is 2.61. The molecule has 2 bridgehead atoms. The van der Waals surface area contributed by atoms with Gasteiger partial charge in [0.15, 0.2) is 0 Å². The number of nitrogens with one attached hydrogen (secondary N) is 1. The molecule has 3 nitrogen and oxygen atoms in total. The standard InChI is InChI=1S/C17H31NO2/c1-16(2)13-6-7-17(16,3)15(11-13)20-10-8-18-12-14-5-4-9-19-14/h13-15,18H,4-12H2,1-3H3. The van der Waals surface area contributed by atoms with E-state index in [1.807, 2.05) is 0 Å². The second-order valence-electron chi connectivity index (χ2n) is 7.81. The Morgan fingerprint density at radius 1 is 1.25 bits per heavy atom. The molecule has 1 saturated heterocycles. The second-order valence-corrected chi connectivity index (χ2v) is 7.81. The third-order valence-corrected chi connectivity index (χ3v) is 6.71. The van der Waals surface area contributed by atoms with Crippen molar-refractivity contribution in [2.45, 2.75) is 65.1 Å². The van der Waals surface area contributed by atoms with E-state index in [2.05, 4.69) is 26.1 Å². The molecule has 3 aliphatic rings. The molecule has 0 aromatic heterocycles. The highest BCUT2D eigenvalue weighted by atomic mass is 16.5. The monoisotopic (exact) mass is 281 g/mol. The van der Waals surface area contributed by atoms with Crippen LogP contribution < -0.4 is 5.32 Å². The maximum Gasteiger partial charge on any atom is 0.0700 e. The first-order valence-corrected chi connectivity index (χ1v) is 8.48. The van der Waals surface area contributed by atoms with Crippen molar-refractivity contribution in [2.75, 3.05) is 26.3 Å². The molecule has 1 heterocycles. The zero-order valence-electron chi connectivity index (χ0n) is 13.4. The van der Waals surface area contributed by atoms with Crippen LogP contribution in [0.5, 0.6) is 0 Å². The molecule has 4 atom stereocenters. The lowest BCUT2D eigenvalue weighted by Crippen LogP contribution is -2.38. The fourth-order valence-electron chi connectivity index (χ4n) is 4.72. The first-order valence-electron chi connectivity index (χ1n) is 8.48. The largest absolute Gasteiger partial charge is 0.377 e. The maximum atomic E-state index is 6.24. The van der Waals surface area contributed by atoms with Crippen molar-refractivity contribution < 1.29 is 9.47 Å². The van der Waals surface area contributed by atoms with E-state index in [0.29, 0.717) is 23.0 Å². The van der Waals surface area contributed by atoms with Gasteiger partial charge in [0.25, 0.3) is 0 Å². The molecule has 0 spiro atoms. The lowest BCUT2D eigenvalue weighted by molar-refractivity contribution is -0.0453. The first kappa shape index (κ1) is 14.8. The Kier molecular flexibility index (Phi) is 4.13. The maximum absolute atomic E-state index is 6.24. The topological polar surface area (TPSA) is 30.5 Å². The first-order chi connectivity index (χ1) is 9.54. The van der Waals surface area contributed by atoms with Crippen molar-refractivity contribution in [2.24, 2.45) is 16.7 Å². The lowest BCUT2D eigenvalue weighted by Gasteiger charge is -2.39. The minimum Gasteiger partial charge on any atom is -0.377 e. The van der Waals surface area contributed by atoms with Gasteiger partial charge in [-0.25, -0.2) is 0 Å². The lowest BCUT2D eigenvalue weighted by atomic mass is 9.70. The average molecular weight is 281 g/mol. The number of hydrogen-bond donors (Lipinski definition) is 1. The molecular formula is C17H31NO2. The third kappa shape index (κ3) is 2.42. The van der Waals surface area contributed by atoms with Crippen LogP contribution in [0.1, 0.15) is 52.9 Å². The van der Waals surface area contributed by atoms with Crippen LogP contribution in [-0.2, 0) is 9.47 Å². The molecule has 2 aliphatic carbocycles. The van der Waals surface area contributed by atoms with E-state index in [1.54, 1.807) is 0 Å². The smallest absolute Gasteiger partial charge is 0.0700 e. The molecular weight excluding hydrogens is 250 g/mol. The molecule has 3 rings (SSSR count). The summed E-state index contributed by atoms with van der Waals surface area (Å²) in [6.07, 6.45) is 7.37. The molecule has 20 heavy (non-hydrogen) atoms. The number of fused-ring (bicyclic) bond motifs is 2. The van der Waals surface area contributed by atoms with Crippen molar-refractivity contribution in [3.63, 3.8) is 0 Å². The van der Waals surface area contributed by atoms with Gasteiger partial charge in [-0.1, -0.05) is 20.8 Å². The summed E-state index contributed by atoms with van der Waals surface area (Å²) in [5.41, 5.74) is 0.856. The molecule has 0 amide bonds. The van der Waals surface area contributed by atoms with Crippen LogP contribution in [0.2, 0.25) is 0 Å². The molecule has 1 N–H and O–H groups in total. The van der Waals surface area contributed by atoms with Gasteiger partial charge < -0.3 is 14.8 Å². The summed E-state index contributed by atoms with van der Waals surface area (Å²) in [5.74, 6) is 0.873. The summed E-state index contributed by atoms with van der Waals surface area (Å²) >= 11 is 0. The molecule has 0 radical (unpaired) electrons. The molecule has 3 fully saturated rings. The summed E-state index contributed by atoms with van der Waals surface area (Å²) in [6.45, 7) is 11.1. The van der Waals surface area contributed by atoms with Gasteiger partial charge in [-0.15, -0.1) is 0 Å². The normalized spacial score (nSPS) is 42.5. The fraction of sp³-hybridized carbons (Fsp3) is 1.00. The zero-order valence-corrected chi connectivity index (χ0v) is 13.4. The van der Waals surface area contributed by atoms with Crippen LogP contribution in [0, 0.1) is 16.7 Å². The molecule has 4 unspecified atom stereocenters. The van der Waals surface area contributed by atoms with Crippen LogP contribution in [0.25, 0.3) is 0 Å². The van der Waals surface area contributed by atoms with Crippen LogP contribution in [0.3, 0.4) is 0 Å². The Balaban J connectivity index is 1.37. The van der Waals surface area contributed by atoms with Gasteiger partial charge >= 0.3 is 0 Å². The average Bonchev–Trinajstić information content (AvgIpc) is 3.04. The van der Waals surface area contributed by atoms with Crippen molar-refractivity contribution >= 4 is 0 Å².